The number of Topliss-reactive ketones (excluding diaryl/α,β-unsaturated/α-hetero) is 1. The Bertz CT molecular complexity index is 687. The van der Waals surface area contributed by atoms with E-state index in [9.17, 15) is 9.18 Å². The zero-order valence-corrected chi connectivity index (χ0v) is 15.2. The summed E-state index contributed by atoms with van der Waals surface area (Å²) < 4.78 is 14.8. The molecule has 22 heavy (non-hydrogen) atoms. The molecule has 3 rings (SSSR count). The number of aliphatic imine (C=N–C) groups is 1. The van der Waals surface area contributed by atoms with Crippen LogP contribution in [-0.4, -0.2) is 17.4 Å². The second-order valence-electron chi connectivity index (χ2n) is 6.06. The second kappa shape index (κ2) is 5.96. The molecular weight excluding hydrogens is 414 g/mol. The molecular formula is C16H16FIN2OS. The molecule has 0 spiro atoms. The smallest absolute Gasteiger partial charge is 0.151 e. The number of ketones is 1. The van der Waals surface area contributed by atoms with Crippen LogP contribution in [0.2, 0.25) is 0 Å². The zero-order valence-electron chi connectivity index (χ0n) is 12.3. The van der Waals surface area contributed by atoms with Gasteiger partial charge in [-0.1, -0.05) is 0 Å². The zero-order chi connectivity index (χ0) is 15.9. The van der Waals surface area contributed by atoms with E-state index in [0.717, 1.165) is 8.48 Å². The lowest BCUT2D eigenvalue weighted by Gasteiger charge is -2.20. The Balaban J connectivity index is 1.79. The number of fused-ring (bicyclic) bond motifs is 1. The normalized spacial score (nSPS) is 26.4. The van der Waals surface area contributed by atoms with Gasteiger partial charge in [-0.05, 0) is 61.1 Å². The maximum Gasteiger partial charge on any atom is 0.151 e. The molecule has 116 valence electrons. The maximum absolute atomic E-state index is 14.0. The molecule has 1 aromatic rings. The molecule has 0 bridgehead atoms. The summed E-state index contributed by atoms with van der Waals surface area (Å²) in [5.41, 5.74) is -0.0721. The van der Waals surface area contributed by atoms with Gasteiger partial charge >= 0.3 is 0 Å². The van der Waals surface area contributed by atoms with E-state index in [1.54, 1.807) is 30.2 Å². The first-order valence-corrected chi connectivity index (χ1v) is 8.99. The molecule has 6 heteroatoms. The minimum atomic E-state index is -0.549. The Hall–Kier alpha value is -0.890. The highest BCUT2D eigenvalue weighted by Gasteiger charge is 2.42. The lowest BCUT2D eigenvalue weighted by atomic mass is 9.81. The first-order chi connectivity index (χ1) is 10.4. The van der Waals surface area contributed by atoms with E-state index in [2.05, 4.69) is 32.9 Å². The molecule has 2 unspecified atom stereocenters. The number of benzene rings is 1. The molecule has 3 nitrogen and oxygen atoms in total. The van der Waals surface area contributed by atoms with Crippen molar-refractivity contribution in [1.82, 2.24) is 0 Å². The number of allylic oxidation sites excluding steroid dienone is 1. The van der Waals surface area contributed by atoms with Crippen molar-refractivity contribution >= 4 is 52.0 Å². The van der Waals surface area contributed by atoms with Gasteiger partial charge in [-0.15, -0.1) is 11.8 Å². The Labute approximate surface area is 147 Å². The number of carbonyl (C=O) groups is 1. The van der Waals surface area contributed by atoms with Crippen LogP contribution in [-0.2, 0) is 4.79 Å². The van der Waals surface area contributed by atoms with Crippen molar-refractivity contribution in [2.24, 2.45) is 16.3 Å². The molecule has 0 saturated carbocycles. The SMILES string of the molecule is CC1(C)C=NC=C2SC(Nc3ccc(I)cc3F)CC2C1=O. The Morgan fingerprint density at radius 3 is 2.95 bits per heavy atom. The van der Waals surface area contributed by atoms with Crippen LogP contribution in [0.5, 0.6) is 0 Å². The third-order valence-corrected chi connectivity index (χ3v) is 5.80. The van der Waals surface area contributed by atoms with E-state index in [4.69, 9.17) is 0 Å². The van der Waals surface area contributed by atoms with Crippen LogP contribution in [0.4, 0.5) is 10.1 Å². The van der Waals surface area contributed by atoms with Gasteiger partial charge in [-0.25, -0.2) is 4.39 Å². The first kappa shape index (κ1) is 16.0. The van der Waals surface area contributed by atoms with Gasteiger partial charge in [0.15, 0.2) is 5.78 Å². The van der Waals surface area contributed by atoms with Gasteiger partial charge in [0, 0.05) is 20.9 Å². The fraction of sp³-hybridized carbons (Fsp3) is 0.375. The van der Waals surface area contributed by atoms with Crippen molar-refractivity contribution in [2.45, 2.75) is 25.6 Å². The fourth-order valence-corrected chi connectivity index (χ4v) is 4.41. The highest BCUT2D eigenvalue weighted by molar-refractivity contribution is 14.1. The first-order valence-electron chi connectivity index (χ1n) is 7.04. The molecule has 1 N–H and O–H groups in total. The van der Waals surface area contributed by atoms with Crippen molar-refractivity contribution in [3.63, 3.8) is 0 Å². The average molecular weight is 430 g/mol. The molecule has 1 fully saturated rings. The summed E-state index contributed by atoms with van der Waals surface area (Å²) in [6.45, 7) is 3.78. The van der Waals surface area contributed by atoms with Gasteiger partial charge in [0.25, 0.3) is 0 Å². The molecule has 2 atom stereocenters. The van der Waals surface area contributed by atoms with Gasteiger partial charge in [0.2, 0.25) is 0 Å². The Kier molecular flexibility index (Phi) is 4.33. The number of rotatable bonds is 2. The fourth-order valence-electron chi connectivity index (χ4n) is 2.66. The second-order valence-corrected chi connectivity index (χ2v) is 8.58. The van der Waals surface area contributed by atoms with Crippen LogP contribution < -0.4 is 5.32 Å². The maximum atomic E-state index is 14.0. The molecule has 1 aromatic carbocycles. The minimum Gasteiger partial charge on any atom is -0.371 e. The van der Waals surface area contributed by atoms with Gasteiger partial charge in [0.1, 0.15) is 5.82 Å². The van der Waals surface area contributed by atoms with E-state index in [-0.39, 0.29) is 22.9 Å². The van der Waals surface area contributed by atoms with E-state index in [1.165, 1.54) is 6.07 Å². The van der Waals surface area contributed by atoms with E-state index >= 15 is 0 Å². The lowest BCUT2D eigenvalue weighted by molar-refractivity contribution is -0.126. The van der Waals surface area contributed by atoms with Crippen LogP contribution >= 0.6 is 34.4 Å². The standard InChI is InChI=1S/C16H16FIN2OS/c1-16(2)8-19-7-13-10(15(16)21)6-14(22-13)20-12-4-3-9(18)5-11(12)17/h3-5,7-8,10,14,20H,6H2,1-2H3. The molecule has 2 aliphatic rings. The Morgan fingerprint density at radius 1 is 1.45 bits per heavy atom. The third kappa shape index (κ3) is 3.08. The van der Waals surface area contributed by atoms with E-state index in [1.807, 2.05) is 19.9 Å². The highest BCUT2D eigenvalue weighted by Crippen LogP contribution is 2.46. The van der Waals surface area contributed by atoms with E-state index in [0.29, 0.717) is 12.1 Å². The number of nitrogens with one attached hydrogen (secondary N) is 1. The summed E-state index contributed by atoms with van der Waals surface area (Å²) in [4.78, 5) is 17.8. The molecule has 0 aliphatic carbocycles. The van der Waals surface area contributed by atoms with E-state index < -0.39 is 5.41 Å². The number of carbonyl (C=O) groups excluding carboxylic acids is 1. The molecule has 2 heterocycles. The van der Waals surface area contributed by atoms with Gasteiger partial charge in [-0.3, -0.25) is 9.79 Å². The number of halogens is 2. The number of hydrogen-bond donors (Lipinski definition) is 1. The topological polar surface area (TPSA) is 41.5 Å². The van der Waals surface area contributed by atoms with Gasteiger partial charge in [0.05, 0.1) is 22.4 Å². The highest BCUT2D eigenvalue weighted by atomic mass is 127. The number of nitrogens with zero attached hydrogens (tertiary/aromatic N) is 1. The van der Waals surface area contributed by atoms with Crippen LogP contribution in [0.15, 0.2) is 34.3 Å². The van der Waals surface area contributed by atoms with Crippen molar-refractivity contribution in [1.29, 1.82) is 0 Å². The summed E-state index contributed by atoms with van der Waals surface area (Å²) in [5, 5.41) is 3.19. The largest absolute Gasteiger partial charge is 0.371 e. The molecule has 2 aliphatic heterocycles. The van der Waals surface area contributed by atoms with Crippen molar-refractivity contribution < 1.29 is 9.18 Å². The molecule has 1 saturated heterocycles. The van der Waals surface area contributed by atoms with Gasteiger partial charge in [-0.2, -0.15) is 0 Å². The van der Waals surface area contributed by atoms with Crippen LogP contribution in [0.3, 0.4) is 0 Å². The predicted octanol–water partition coefficient (Wildman–Crippen LogP) is 4.44. The number of anilines is 1. The minimum absolute atomic E-state index is 0.0149. The quantitative estimate of drug-likeness (QED) is 0.706. The summed E-state index contributed by atoms with van der Waals surface area (Å²) in [7, 11) is 0. The lowest BCUT2D eigenvalue weighted by Crippen LogP contribution is -2.31. The molecule has 0 radical (unpaired) electrons. The molecule has 0 amide bonds. The summed E-state index contributed by atoms with van der Waals surface area (Å²) in [6, 6.07) is 5.10. The van der Waals surface area contributed by atoms with Crippen LogP contribution in [0.25, 0.3) is 0 Å². The Morgan fingerprint density at radius 2 is 2.23 bits per heavy atom. The monoisotopic (exact) mass is 430 g/mol. The van der Waals surface area contributed by atoms with Crippen LogP contribution in [0.1, 0.15) is 20.3 Å². The van der Waals surface area contributed by atoms with Crippen molar-refractivity contribution in [2.75, 3.05) is 5.32 Å². The van der Waals surface area contributed by atoms with Crippen molar-refractivity contribution in [3.8, 4) is 0 Å². The van der Waals surface area contributed by atoms with Gasteiger partial charge < -0.3 is 5.32 Å². The van der Waals surface area contributed by atoms with Crippen LogP contribution in [0, 0.1) is 20.7 Å². The number of hydrogen-bond acceptors (Lipinski definition) is 4. The number of thioether (sulfide) groups is 1. The molecule has 0 aromatic heterocycles. The summed E-state index contributed by atoms with van der Waals surface area (Å²) in [5.74, 6) is -0.231. The van der Waals surface area contributed by atoms with Crippen molar-refractivity contribution in [3.05, 3.63) is 38.7 Å². The summed E-state index contributed by atoms with van der Waals surface area (Å²) >= 11 is 3.65. The summed E-state index contributed by atoms with van der Waals surface area (Å²) in [6.07, 6.45) is 4.14. The third-order valence-electron chi connectivity index (χ3n) is 3.87. The predicted molar refractivity (Wildman–Crippen MR) is 97.6 cm³/mol. The average Bonchev–Trinajstić information content (AvgIpc) is 2.79.